The van der Waals surface area contributed by atoms with Crippen LogP contribution in [0.4, 0.5) is 5.82 Å². The van der Waals surface area contributed by atoms with Crippen LogP contribution in [0.15, 0.2) is 22.8 Å². The second-order valence-corrected chi connectivity index (χ2v) is 4.44. The van der Waals surface area contributed by atoms with Crippen LogP contribution in [-0.4, -0.2) is 16.0 Å². The molecule has 0 radical (unpaired) electrons. The molecule has 0 atom stereocenters. The van der Waals surface area contributed by atoms with Crippen LogP contribution < -0.4 is 5.32 Å². The van der Waals surface area contributed by atoms with E-state index in [1.54, 1.807) is 0 Å². The van der Waals surface area contributed by atoms with Gasteiger partial charge < -0.3 is 5.32 Å². The summed E-state index contributed by atoms with van der Waals surface area (Å²) >= 11 is 3.40. The lowest BCUT2D eigenvalue weighted by Crippen LogP contribution is -2.16. The Morgan fingerprint density at radius 2 is 2.13 bits per heavy atom. The van der Waals surface area contributed by atoms with E-state index in [1.807, 2.05) is 6.07 Å². The first-order valence-electron chi connectivity index (χ1n) is 5.23. The van der Waals surface area contributed by atoms with Gasteiger partial charge in [-0.3, -0.25) is 0 Å². The summed E-state index contributed by atoms with van der Waals surface area (Å²) in [4.78, 5) is 8.71. The van der Waals surface area contributed by atoms with Crippen LogP contribution in [0, 0.1) is 0 Å². The molecule has 1 N–H and O–H groups in total. The van der Waals surface area contributed by atoms with Gasteiger partial charge in [0.2, 0.25) is 0 Å². The van der Waals surface area contributed by atoms with Crippen molar-refractivity contribution in [1.29, 1.82) is 0 Å². The highest BCUT2D eigenvalue weighted by Gasteiger charge is 2.11. The van der Waals surface area contributed by atoms with Crippen LogP contribution in [0.2, 0.25) is 0 Å². The lowest BCUT2D eigenvalue weighted by atomic mass is 10.2. The average Bonchev–Trinajstić information content (AvgIpc) is 2.69. The Balaban J connectivity index is 2.09. The van der Waals surface area contributed by atoms with Crippen LogP contribution in [0.25, 0.3) is 0 Å². The van der Waals surface area contributed by atoms with Gasteiger partial charge >= 0.3 is 0 Å². The lowest BCUT2D eigenvalue weighted by Gasteiger charge is -2.13. The van der Waals surface area contributed by atoms with E-state index in [0.29, 0.717) is 6.04 Å². The maximum Gasteiger partial charge on any atom is 0.131 e. The topological polar surface area (TPSA) is 37.8 Å². The summed E-state index contributed by atoms with van der Waals surface area (Å²) in [6.07, 6.45) is 7.44. The second-order valence-electron chi connectivity index (χ2n) is 3.63. The van der Waals surface area contributed by atoms with Gasteiger partial charge in [0.1, 0.15) is 16.2 Å². The fraction of sp³-hybridized carbons (Fsp3) is 0.455. The summed E-state index contributed by atoms with van der Waals surface area (Å²) in [6.45, 7) is 2.06. The average molecular weight is 268 g/mol. The van der Waals surface area contributed by atoms with Crippen molar-refractivity contribution in [2.75, 3.05) is 5.32 Å². The molecule has 15 heavy (non-hydrogen) atoms. The zero-order chi connectivity index (χ0) is 10.7. The van der Waals surface area contributed by atoms with Crippen LogP contribution >= 0.6 is 15.9 Å². The van der Waals surface area contributed by atoms with E-state index in [0.717, 1.165) is 35.5 Å². The molecule has 1 heterocycles. The Kier molecular flexibility index (Phi) is 3.36. The number of aromatic nitrogens is 2. The van der Waals surface area contributed by atoms with Gasteiger partial charge in [0.05, 0.1) is 0 Å². The number of halogens is 1. The second kappa shape index (κ2) is 4.75. The number of anilines is 1. The van der Waals surface area contributed by atoms with Crippen molar-refractivity contribution in [3.63, 3.8) is 0 Å². The molecule has 0 aliphatic heterocycles. The van der Waals surface area contributed by atoms with E-state index in [1.165, 1.54) is 0 Å². The van der Waals surface area contributed by atoms with Gasteiger partial charge in [0, 0.05) is 18.5 Å². The molecule has 3 nitrogen and oxygen atoms in total. The Morgan fingerprint density at radius 3 is 2.80 bits per heavy atom. The molecule has 0 amide bonds. The van der Waals surface area contributed by atoms with Crippen molar-refractivity contribution >= 4 is 21.7 Å². The normalized spacial score (nSPS) is 15.9. The molecule has 1 aliphatic carbocycles. The first kappa shape index (κ1) is 10.6. The Hall–Kier alpha value is -0.900. The Bertz CT molecular complexity index is 368. The summed E-state index contributed by atoms with van der Waals surface area (Å²) in [5.41, 5.74) is 0. The van der Waals surface area contributed by atoms with Gasteiger partial charge in [-0.1, -0.05) is 19.1 Å². The van der Waals surface area contributed by atoms with Gasteiger partial charge in [-0.05, 0) is 28.8 Å². The van der Waals surface area contributed by atoms with Crippen LogP contribution in [0.3, 0.4) is 0 Å². The Labute approximate surface area is 98.1 Å². The maximum atomic E-state index is 4.44. The van der Waals surface area contributed by atoms with Crippen molar-refractivity contribution in [3.8, 4) is 0 Å². The number of nitrogens with one attached hydrogen (secondary N) is 1. The van der Waals surface area contributed by atoms with E-state index in [-0.39, 0.29) is 0 Å². The minimum Gasteiger partial charge on any atom is -0.367 e. The molecular weight excluding hydrogens is 254 g/mol. The molecular formula is C11H14BrN3. The van der Waals surface area contributed by atoms with E-state index in [2.05, 4.69) is 50.3 Å². The molecule has 0 saturated heterocycles. The van der Waals surface area contributed by atoms with Crippen molar-refractivity contribution in [2.45, 2.75) is 32.2 Å². The third-order valence-corrected chi connectivity index (χ3v) is 2.82. The van der Waals surface area contributed by atoms with Crippen LogP contribution in [0.5, 0.6) is 0 Å². The number of aryl methyl sites for hydroxylation is 1. The third kappa shape index (κ3) is 2.78. The molecule has 1 aliphatic rings. The molecule has 80 valence electrons. The minimum absolute atomic E-state index is 0.497. The molecule has 2 rings (SSSR count). The minimum atomic E-state index is 0.497. The molecule has 0 aromatic carbocycles. The van der Waals surface area contributed by atoms with Gasteiger partial charge in [0.15, 0.2) is 0 Å². The van der Waals surface area contributed by atoms with Crippen molar-refractivity contribution in [2.24, 2.45) is 0 Å². The van der Waals surface area contributed by atoms with Gasteiger partial charge in [-0.25, -0.2) is 9.97 Å². The molecule has 4 heteroatoms. The molecule has 0 bridgehead atoms. The highest BCUT2D eigenvalue weighted by atomic mass is 79.9. The zero-order valence-corrected chi connectivity index (χ0v) is 10.3. The fourth-order valence-corrected chi connectivity index (χ4v) is 2.06. The van der Waals surface area contributed by atoms with E-state index in [9.17, 15) is 0 Å². The quantitative estimate of drug-likeness (QED) is 0.676. The van der Waals surface area contributed by atoms with Gasteiger partial charge in [-0.2, -0.15) is 0 Å². The first-order valence-corrected chi connectivity index (χ1v) is 6.02. The SMILES string of the molecule is CCc1nc(Br)cc(NC2CC=CC2)n1. The van der Waals surface area contributed by atoms with Crippen molar-refractivity contribution in [1.82, 2.24) is 9.97 Å². The monoisotopic (exact) mass is 267 g/mol. The Morgan fingerprint density at radius 1 is 1.40 bits per heavy atom. The van der Waals surface area contributed by atoms with E-state index >= 15 is 0 Å². The molecule has 0 fully saturated rings. The summed E-state index contributed by atoms with van der Waals surface area (Å²) in [5, 5.41) is 3.41. The predicted molar refractivity (Wildman–Crippen MR) is 64.9 cm³/mol. The summed E-state index contributed by atoms with van der Waals surface area (Å²) in [5.74, 6) is 1.79. The van der Waals surface area contributed by atoms with Crippen molar-refractivity contribution < 1.29 is 0 Å². The number of hydrogen-bond donors (Lipinski definition) is 1. The highest BCUT2D eigenvalue weighted by Crippen LogP contribution is 2.18. The molecule has 0 spiro atoms. The molecule has 1 aromatic rings. The third-order valence-electron chi connectivity index (χ3n) is 2.42. The lowest BCUT2D eigenvalue weighted by molar-refractivity contribution is 0.775. The highest BCUT2D eigenvalue weighted by molar-refractivity contribution is 9.10. The first-order chi connectivity index (χ1) is 7.28. The van der Waals surface area contributed by atoms with E-state index < -0.39 is 0 Å². The number of rotatable bonds is 3. The van der Waals surface area contributed by atoms with Crippen LogP contribution in [-0.2, 0) is 6.42 Å². The summed E-state index contributed by atoms with van der Waals surface area (Å²) in [6, 6.07) is 2.42. The fourth-order valence-electron chi connectivity index (χ4n) is 1.64. The van der Waals surface area contributed by atoms with E-state index in [4.69, 9.17) is 0 Å². The maximum absolute atomic E-state index is 4.44. The zero-order valence-electron chi connectivity index (χ0n) is 8.70. The number of nitrogens with zero attached hydrogens (tertiary/aromatic N) is 2. The summed E-state index contributed by atoms with van der Waals surface area (Å²) < 4.78 is 0.850. The number of hydrogen-bond acceptors (Lipinski definition) is 3. The smallest absolute Gasteiger partial charge is 0.131 e. The van der Waals surface area contributed by atoms with Gasteiger partial charge in [0.25, 0.3) is 0 Å². The molecule has 1 aromatic heterocycles. The molecule has 0 saturated carbocycles. The van der Waals surface area contributed by atoms with Crippen LogP contribution in [0.1, 0.15) is 25.6 Å². The predicted octanol–water partition coefficient (Wildman–Crippen LogP) is 2.93. The standard InChI is InChI=1S/C11H14BrN3/c1-2-10-14-9(12)7-11(15-10)13-8-5-3-4-6-8/h3-4,7-8H,2,5-6H2,1H3,(H,13,14,15). The molecule has 0 unspecified atom stereocenters. The largest absolute Gasteiger partial charge is 0.367 e. The van der Waals surface area contributed by atoms with Gasteiger partial charge in [-0.15, -0.1) is 0 Å². The summed E-state index contributed by atoms with van der Waals surface area (Å²) in [7, 11) is 0. The van der Waals surface area contributed by atoms with Crippen molar-refractivity contribution in [3.05, 3.63) is 28.6 Å².